The van der Waals surface area contributed by atoms with Crippen LogP contribution in [0.25, 0.3) is 0 Å². The largest absolute Gasteiger partial charge is 0.493 e. The number of unbranched alkanes of at least 4 members (excludes halogenated alkanes) is 2. The lowest BCUT2D eigenvalue weighted by molar-refractivity contribution is -0.122. The first kappa shape index (κ1) is 46.4. The Morgan fingerprint density at radius 2 is 1.02 bits per heavy atom. The lowest BCUT2D eigenvalue weighted by Crippen LogP contribution is -2.26. The molecule has 10 N–H and O–H groups in total. The number of nitrogens with zero attached hydrogens (tertiary/aromatic N) is 4. The molecule has 4 aromatic rings. The Kier molecular flexibility index (Phi) is 19.0. The standard InChI is InChI=1S/C42H60N10O8/c1-27-19-28(20-30-25-49-41(45)51-39(30)43)22-32(55-2)37(27)59-17-7-5-11-35(53)47-13-9-15-58-16-10-14-48-36(54)12-6-8-18-60-38-33(56-3)23-29(24-34(38)57-4)21-31-26-50-42(46)52-40(31)44/h19,22-26H,5-18,20-21H2,1-4H3,(H,47,53)(H,48,54)(H4,43,45,49,51)(H4,44,46,50,52). The van der Waals surface area contributed by atoms with Gasteiger partial charge < -0.3 is 62.0 Å². The van der Waals surface area contributed by atoms with Gasteiger partial charge in [0.1, 0.15) is 11.6 Å². The number of carbonyl (C=O) groups is 2. The van der Waals surface area contributed by atoms with Gasteiger partial charge in [-0.3, -0.25) is 9.59 Å². The van der Waals surface area contributed by atoms with Crippen molar-refractivity contribution in [3.63, 3.8) is 0 Å². The zero-order valence-electron chi connectivity index (χ0n) is 35.1. The maximum absolute atomic E-state index is 12.3. The van der Waals surface area contributed by atoms with Gasteiger partial charge in [-0.1, -0.05) is 6.07 Å². The van der Waals surface area contributed by atoms with Crippen LogP contribution in [0.3, 0.4) is 0 Å². The lowest BCUT2D eigenvalue weighted by Gasteiger charge is -2.16. The van der Waals surface area contributed by atoms with Crippen LogP contribution < -0.4 is 57.3 Å². The number of nitrogens with one attached hydrogen (secondary N) is 2. The summed E-state index contributed by atoms with van der Waals surface area (Å²) < 4.78 is 34.5. The second kappa shape index (κ2) is 24.6. The highest BCUT2D eigenvalue weighted by Crippen LogP contribution is 2.39. The third-order valence-corrected chi connectivity index (χ3v) is 9.33. The highest BCUT2D eigenvalue weighted by atomic mass is 16.5. The summed E-state index contributed by atoms with van der Waals surface area (Å²) in [6.45, 7) is 4.90. The molecular formula is C42H60N10O8. The van der Waals surface area contributed by atoms with Gasteiger partial charge in [-0.25, -0.2) is 9.97 Å². The average Bonchev–Trinajstić information content (AvgIpc) is 3.22. The van der Waals surface area contributed by atoms with E-state index in [9.17, 15) is 9.59 Å². The molecule has 0 fully saturated rings. The third-order valence-electron chi connectivity index (χ3n) is 9.33. The number of hydrogen-bond donors (Lipinski definition) is 6. The van der Waals surface area contributed by atoms with Crippen molar-refractivity contribution in [1.82, 2.24) is 30.6 Å². The van der Waals surface area contributed by atoms with Crippen LogP contribution in [-0.2, 0) is 27.2 Å². The number of methoxy groups -OCH3 is 3. The Morgan fingerprint density at radius 3 is 1.47 bits per heavy atom. The van der Waals surface area contributed by atoms with Crippen molar-refractivity contribution in [2.75, 3.05) is 83.8 Å². The topological polar surface area (TPSA) is 269 Å². The van der Waals surface area contributed by atoms with Gasteiger partial charge >= 0.3 is 0 Å². The van der Waals surface area contributed by atoms with Crippen molar-refractivity contribution < 1.29 is 38.0 Å². The van der Waals surface area contributed by atoms with E-state index in [1.807, 2.05) is 31.2 Å². The Bertz CT molecular complexity index is 1980. The van der Waals surface area contributed by atoms with E-state index in [0.717, 1.165) is 27.8 Å². The molecule has 2 heterocycles. The van der Waals surface area contributed by atoms with Gasteiger partial charge in [0, 0.05) is 75.5 Å². The van der Waals surface area contributed by atoms with Gasteiger partial charge in [0.05, 0.1) is 34.5 Å². The van der Waals surface area contributed by atoms with Crippen LogP contribution in [0.15, 0.2) is 36.7 Å². The molecule has 2 aromatic heterocycles. The molecule has 326 valence electrons. The summed E-state index contributed by atoms with van der Waals surface area (Å²) in [5.41, 5.74) is 27.5. The summed E-state index contributed by atoms with van der Waals surface area (Å²) in [6.07, 6.45) is 9.14. The van der Waals surface area contributed by atoms with Crippen LogP contribution in [0.1, 0.15) is 79.2 Å². The van der Waals surface area contributed by atoms with Gasteiger partial charge in [0.15, 0.2) is 23.0 Å². The highest BCUT2D eigenvalue weighted by molar-refractivity contribution is 5.76. The molecule has 18 heteroatoms. The number of amides is 2. The van der Waals surface area contributed by atoms with E-state index in [2.05, 4.69) is 30.6 Å². The lowest BCUT2D eigenvalue weighted by atomic mass is 10.0. The molecule has 0 aliphatic rings. The summed E-state index contributed by atoms with van der Waals surface area (Å²) in [6, 6.07) is 7.63. The quantitative estimate of drug-likeness (QED) is 0.0465. The Balaban J connectivity index is 0.990. The second-order valence-electron chi connectivity index (χ2n) is 14.0. The molecule has 2 aromatic carbocycles. The Hall–Kier alpha value is -6.30. The third kappa shape index (κ3) is 15.1. The van der Waals surface area contributed by atoms with E-state index in [0.29, 0.717) is 144 Å². The number of nitrogens with two attached hydrogens (primary N) is 4. The molecule has 0 unspecified atom stereocenters. The molecule has 0 aliphatic heterocycles. The van der Waals surface area contributed by atoms with Crippen molar-refractivity contribution >= 4 is 35.3 Å². The molecule has 0 aliphatic carbocycles. The number of benzene rings is 2. The van der Waals surface area contributed by atoms with E-state index in [1.165, 1.54) is 0 Å². The summed E-state index contributed by atoms with van der Waals surface area (Å²) >= 11 is 0. The minimum Gasteiger partial charge on any atom is -0.493 e. The fourth-order valence-corrected chi connectivity index (χ4v) is 6.22. The monoisotopic (exact) mass is 832 g/mol. The van der Waals surface area contributed by atoms with Gasteiger partial charge in [-0.2, -0.15) is 9.97 Å². The number of rotatable bonds is 27. The van der Waals surface area contributed by atoms with Crippen LogP contribution in [0, 0.1) is 6.92 Å². The summed E-state index contributed by atoms with van der Waals surface area (Å²) in [5.74, 6) is 3.71. The number of nitrogen functional groups attached to an aromatic ring is 4. The van der Waals surface area contributed by atoms with E-state index in [-0.39, 0.29) is 23.7 Å². The number of hydrogen-bond acceptors (Lipinski definition) is 16. The predicted octanol–water partition coefficient (Wildman–Crippen LogP) is 3.94. The van der Waals surface area contributed by atoms with Gasteiger partial charge in [-0.05, 0) is 80.3 Å². The molecule has 60 heavy (non-hydrogen) atoms. The number of aromatic nitrogens is 4. The molecule has 0 spiro atoms. The molecular weight excluding hydrogens is 773 g/mol. The van der Waals surface area contributed by atoms with E-state index < -0.39 is 0 Å². The average molecular weight is 833 g/mol. The first-order valence-electron chi connectivity index (χ1n) is 20.0. The summed E-state index contributed by atoms with van der Waals surface area (Å²) in [7, 11) is 4.72. The second-order valence-corrected chi connectivity index (χ2v) is 14.0. The van der Waals surface area contributed by atoms with Crippen LogP contribution in [0.5, 0.6) is 28.7 Å². The molecule has 0 bridgehead atoms. The van der Waals surface area contributed by atoms with Crippen molar-refractivity contribution in [1.29, 1.82) is 0 Å². The molecule has 0 radical (unpaired) electrons. The number of anilines is 4. The number of aryl methyl sites for hydroxylation is 1. The van der Waals surface area contributed by atoms with Crippen molar-refractivity contribution in [3.05, 3.63) is 64.5 Å². The van der Waals surface area contributed by atoms with E-state index >= 15 is 0 Å². The zero-order chi connectivity index (χ0) is 43.3. The molecule has 4 rings (SSSR count). The predicted molar refractivity (Wildman–Crippen MR) is 229 cm³/mol. The SMILES string of the molecule is COc1cc(Cc2cnc(N)nc2N)cc(C)c1OCCCCC(=O)NCCCOCCCNC(=O)CCCCOc1c(OC)cc(Cc2cnc(N)nc2N)cc1OC. The van der Waals surface area contributed by atoms with Gasteiger partial charge in [0.2, 0.25) is 29.5 Å². The minimum atomic E-state index is -0.0212. The number of carbonyl (C=O) groups excluding carboxylic acids is 2. The normalized spacial score (nSPS) is 10.9. The van der Waals surface area contributed by atoms with Crippen LogP contribution in [-0.4, -0.2) is 92.6 Å². The van der Waals surface area contributed by atoms with Crippen LogP contribution in [0.4, 0.5) is 23.5 Å². The highest BCUT2D eigenvalue weighted by Gasteiger charge is 2.17. The summed E-state index contributed by atoms with van der Waals surface area (Å²) in [5, 5.41) is 5.87. The fraction of sp³-hybridized carbons (Fsp3) is 0.476. The smallest absolute Gasteiger partial charge is 0.221 e. The first-order valence-corrected chi connectivity index (χ1v) is 20.0. The van der Waals surface area contributed by atoms with Crippen molar-refractivity contribution in [2.24, 2.45) is 0 Å². The van der Waals surface area contributed by atoms with Crippen molar-refractivity contribution in [2.45, 2.75) is 71.1 Å². The zero-order valence-corrected chi connectivity index (χ0v) is 35.1. The van der Waals surface area contributed by atoms with Crippen LogP contribution in [0.2, 0.25) is 0 Å². The van der Waals surface area contributed by atoms with Gasteiger partial charge in [-0.15, -0.1) is 0 Å². The summed E-state index contributed by atoms with van der Waals surface area (Å²) in [4.78, 5) is 40.7. The maximum atomic E-state index is 12.3. The molecule has 0 saturated carbocycles. The fourth-order valence-electron chi connectivity index (χ4n) is 6.22. The van der Waals surface area contributed by atoms with E-state index in [1.54, 1.807) is 33.7 Å². The minimum absolute atomic E-state index is 0.00430. The molecule has 0 saturated heterocycles. The first-order chi connectivity index (χ1) is 29.0. The van der Waals surface area contributed by atoms with Crippen LogP contribution >= 0.6 is 0 Å². The molecule has 0 atom stereocenters. The van der Waals surface area contributed by atoms with Gasteiger partial charge in [0.25, 0.3) is 0 Å². The maximum Gasteiger partial charge on any atom is 0.221 e. The van der Waals surface area contributed by atoms with Crippen molar-refractivity contribution in [3.8, 4) is 28.7 Å². The Labute approximate surface area is 351 Å². The Morgan fingerprint density at radius 1 is 0.583 bits per heavy atom. The number of ether oxygens (including phenoxy) is 6. The molecule has 18 nitrogen and oxygen atoms in total. The molecule has 2 amide bonds. The van der Waals surface area contributed by atoms with E-state index in [4.69, 9.17) is 51.4 Å².